The van der Waals surface area contributed by atoms with Crippen LogP contribution in [0.2, 0.25) is 0 Å². The van der Waals surface area contributed by atoms with E-state index in [1.54, 1.807) is 30.0 Å². The van der Waals surface area contributed by atoms with Crippen molar-refractivity contribution < 1.29 is 8.94 Å². The SMILES string of the molecule is Cn1ccc(C2CCN(Cc3nc(-c4ccco4)no3)CC2)cc1=O. The van der Waals surface area contributed by atoms with Crippen LogP contribution in [-0.2, 0) is 13.6 Å². The predicted octanol–water partition coefficient (Wildman–Crippen LogP) is 2.41. The third-order valence-electron chi connectivity index (χ3n) is 4.76. The summed E-state index contributed by atoms with van der Waals surface area (Å²) in [5.41, 5.74) is 1.19. The summed E-state index contributed by atoms with van der Waals surface area (Å²) in [5, 5.41) is 3.96. The van der Waals surface area contributed by atoms with E-state index in [1.165, 1.54) is 0 Å². The first-order valence-corrected chi connectivity index (χ1v) is 8.44. The van der Waals surface area contributed by atoms with E-state index in [9.17, 15) is 4.79 Å². The number of aromatic nitrogens is 3. The molecule has 130 valence electrons. The molecular formula is C18H20N4O3. The molecule has 4 heterocycles. The molecule has 4 rings (SSSR count). The maximum atomic E-state index is 11.8. The second-order valence-corrected chi connectivity index (χ2v) is 6.45. The second kappa shape index (κ2) is 6.68. The third kappa shape index (κ3) is 3.41. The van der Waals surface area contributed by atoms with Gasteiger partial charge in [-0.05, 0) is 55.6 Å². The summed E-state index contributed by atoms with van der Waals surface area (Å²) in [6.45, 7) is 2.52. The summed E-state index contributed by atoms with van der Waals surface area (Å²) >= 11 is 0. The first-order valence-electron chi connectivity index (χ1n) is 8.44. The highest BCUT2D eigenvalue weighted by molar-refractivity contribution is 5.44. The molecule has 1 aliphatic rings. The van der Waals surface area contributed by atoms with Gasteiger partial charge in [0.05, 0.1) is 12.8 Å². The summed E-state index contributed by atoms with van der Waals surface area (Å²) in [6.07, 6.45) is 5.48. The zero-order valence-corrected chi connectivity index (χ0v) is 14.1. The van der Waals surface area contributed by atoms with Crippen LogP contribution in [0.3, 0.4) is 0 Å². The lowest BCUT2D eigenvalue weighted by Gasteiger charge is -2.31. The molecule has 7 heteroatoms. The topological polar surface area (TPSA) is 77.3 Å². The molecule has 1 fully saturated rings. The van der Waals surface area contributed by atoms with Crippen LogP contribution in [-0.4, -0.2) is 32.7 Å². The molecule has 0 radical (unpaired) electrons. The molecule has 0 spiro atoms. The Labute approximate surface area is 144 Å². The lowest BCUT2D eigenvalue weighted by molar-refractivity contribution is 0.181. The van der Waals surface area contributed by atoms with Crippen molar-refractivity contribution in [2.24, 2.45) is 7.05 Å². The van der Waals surface area contributed by atoms with E-state index < -0.39 is 0 Å². The highest BCUT2D eigenvalue weighted by Crippen LogP contribution is 2.28. The first-order chi connectivity index (χ1) is 12.2. The number of hydrogen-bond donors (Lipinski definition) is 0. The lowest BCUT2D eigenvalue weighted by atomic mass is 9.90. The average molecular weight is 340 g/mol. The number of rotatable bonds is 4. The van der Waals surface area contributed by atoms with Crippen LogP contribution in [0.4, 0.5) is 0 Å². The Morgan fingerprint density at radius 2 is 2.12 bits per heavy atom. The van der Waals surface area contributed by atoms with Gasteiger partial charge in [0.15, 0.2) is 5.76 Å². The molecule has 3 aromatic heterocycles. The molecule has 0 aliphatic carbocycles. The van der Waals surface area contributed by atoms with Crippen LogP contribution in [0.25, 0.3) is 11.6 Å². The van der Waals surface area contributed by atoms with E-state index >= 15 is 0 Å². The molecule has 7 nitrogen and oxygen atoms in total. The van der Waals surface area contributed by atoms with E-state index in [0.29, 0.717) is 29.9 Å². The quantitative estimate of drug-likeness (QED) is 0.726. The average Bonchev–Trinajstić information content (AvgIpc) is 3.29. The van der Waals surface area contributed by atoms with Crippen molar-refractivity contribution in [2.75, 3.05) is 13.1 Å². The molecule has 0 N–H and O–H groups in total. The minimum Gasteiger partial charge on any atom is -0.461 e. The maximum Gasteiger partial charge on any atom is 0.250 e. The third-order valence-corrected chi connectivity index (χ3v) is 4.76. The fraction of sp³-hybridized carbons (Fsp3) is 0.389. The predicted molar refractivity (Wildman–Crippen MR) is 90.9 cm³/mol. The number of aryl methyl sites for hydroxylation is 1. The minimum absolute atomic E-state index is 0.0521. The van der Waals surface area contributed by atoms with Crippen molar-refractivity contribution in [3.8, 4) is 11.6 Å². The largest absolute Gasteiger partial charge is 0.461 e. The van der Waals surface area contributed by atoms with Crippen molar-refractivity contribution in [2.45, 2.75) is 25.3 Å². The van der Waals surface area contributed by atoms with Gasteiger partial charge in [-0.1, -0.05) is 5.16 Å². The number of pyridine rings is 1. The van der Waals surface area contributed by atoms with Gasteiger partial charge >= 0.3 is 0 Å². The van der Waals surface area contributed by atoms with E-state index in [1.807, 2.05) is 12.3 Å². The van der Waals surface area contributed by atoms with Crippen LogP contribution in [0.1, 0.15) is 30.2 Å². The molecule has 0 aromatic carbocycles. The summed E-state index contributed by atoms with van der Waals surface area (Å²) in [7, 11) is 1.77. The van der Waals surface area contributed by atoms with Gasteiger partial charge in [0.2, 0.25) is 11.7 Å². The van der Waals surface area contributed by atoms with Gasteiger partial charge in [0, 0.05) is 19.3 Å². The van der Waals surface area contributed by atoms with Crippen molar-refractivity contribution >= 4 is 0 Å². The van der Waals surface area contributed by atoms with Gasteiger partial charge < -0.3 is 13.5 Å². The summed E-state index contributed by atoms with van der Waals surface area (Å²) in [4.78, 5) is 18.5. The fourth-order valence-electron chi connectivity index (χ4n) is 3.26. The van der Waals surface area contributed by atoms with Gasteiger partial charge in [-0.25, -0.2) is 0 Å². The number of likely N-dealkylation sites (tertiary alicyclic amines) is 1. The summed E-state index contributed by atoms with van der Waals surface area (Å²) in [5.74, 6) is 2.12. The lowest BCUT2D eigenvalue weighted by Crippen LogP contribution is -2.33. The Morgan fingerprint density at radius 3 is 2.84 bits per heavy atom. The minimum atomic E-state index is 0.0521. The smallest absolute Gasteiger partial charge is 0.250 e. The molecule has 0 saturated carbocycles. The maximum absolute atomic E-state index is 11.8. The molecule has 1 aliphatic heterocycles. The van der Waals surface area contributed by atoms with Crippen molar-refractivity contribution in [1.29, 1.82) is 0 Å². The van der Waals surface area contributed by atoms with Crippen molar-refractivity contribution in [3.63, 3.8) is 0 Å². The van der Waals surface area contributed by atoms with Gasteiger partial charge in [0.25, 0.3) is 5.56 Å². The molecule has 0 atom stereocenters. The van der Waals surface area contributed by atoms with Crippen LogP contribution < -0.4 is 5.56 Å². The van der Waals surface area contributed by atoms with Gasteiger partial charge in [-0.2, -0.15) is 4.98 Å². The van der Waals surface area contributed by atoms with Crippen LogP contribution >= 0.6 is 0 Å². The zero-order chi connectivity index (χ0) is 17.2. The molecule has 0 bridgehead atoms. The molecule has 0 unspecified atom stereocenters. The van der Waals surface area contributed by atoms with Gasteiger partial charge in [-0.3, -0.25) is 9.69 Å². The number of furan rings is 1. The van der Waals surface area contributed by atoms with Crippen molar-refractivity contribution in [3.05, 3.63) is 58.5 Å². The highest BCUT2D eigenvalue weighted by Gasteiger charge is 2.23. The number of nitrogens with zero attached hydrogens (tertiary/aromatic N) is 4. The standard InChI is InChI=1S/C18H20N4O3/c1-21-7-4-14(11-17(21)23)13-5-8-22(9-6-13)12-16-19-18(20-25-16)15-3-2-10-24-15/h2-4,7,10-11,13H,5-6,8-9,12H2,1H3. The Bertz CT molecular complexity index is 889. The van der Waals surface area contributed by atoms with Gasteiger partial charge in [-0.15, -0.1) is 0 Å². The molecule has 3 aromatic rings. The summed E-state index contributed by atoms with van der Waals surface area (Å²) < 4.78 is 12.2. The van der Waals surface area contributed by atoms with E-state index in [4.69, 9.17) is 8.94 Å². The second-order valence-electron chi connectivity index (χ2n) is 6.45. The Hall–Kier alpha value is -2.67. The zero-order valence-electron chi connectivity index (χ0n) is 14.1. The Kier molecular flexibility index (Phi) is 4.23. The first kappa shape index (κ1) is 15.8. The fourth-order valence-corrected chi connectivity index (χ4v) is 3.26. The van der Waals surface area contributed by atoms with Crippen LogP contribution in [0.5, 0.6) is 0 Å². The molecule has 1 saturated heterocycles. The van der Waals surface area contributed by atoms with Gasteiger partial charge in [0.1, 0.15) is 0 Å². The van der Waals surface area contributed by atoms with E-state index in [-0.39, 0.29) is 5.56 Å². The Balaban J connectivity index is 1.36. The number of piperidine rings is 1. The molecular weight excluding hydrogens is 320 g/mol. The highest BCUT2D eigenvalue weighted by atomic mass is 16.5. The van der Waals surface area contributed by atoms with E-state index in [2.05, 4.69) is 21.1 Å². The van der Waals surface area contributed by atoms with Crippen molar-refractivity contribution in [1.82, 2.24) is 19.6 Å². The normalized spacial score (nSPS) is 16.4. The van der Waals surface area contributed by atoms with Crippen LogP contribution in [0, 0.1) is 0 Å². The summed E-state index contributed by atoms with van der Waals surface area (Å²) in [6, 6.07) is 7.42. The molecule has 25 heavy (non-hydrogen) atoms. The van der Waals surface area contributed by atoms with E-state index in [0.717, 1.165) is 31.5 Å². The Morgan fingerprint density at radius 1 is 1.28 bits per heavy atom. The monoisotopic (exact) mass is 340 g/mol. The van der Waals surface area contributed by atoms with Crippen LogP contribution in [0.15, 0.2) is 50.5 Å². The number of hydrogen-bond acceptors (Lipinski definition) is 6. The molecule has 0 amide bonds.